The largest absolute Gasteiger partial charge is 0.493 e. The Morgan fingerprint density at radius 1 is 1.12 bits per heavy atom. The Morgan fingerprint density at radius 2 is 1.88 bits per heavy atom. The number of nitrogens with one attached hydrogen (secondary N) is 1. The van der Waals surface area contributed by atoms with Gasteiger partial charge in [-0.2, -0.15) is 0 Å². The number of aliphatic imine (C=N–C) groups is 1. The van der Waals surface area contributed by atoms with Gasteiger partial charge in [-0.3, -0.25) is 0 Å². The molecule has 1 unspecified atom stereocenters. The van der Waals surface area contributed by atoms with Gasteiger partial charge >= 0.3 is 0 Å². The molecule has 0 fully saturated rings. The number of hydrogen-bond donors (Lipinski definition) is 2. The van der Waals surface area contributed by atoms with E-state index in [1.807, 2.05) is 48.5 Å². The second-order valence-electron chi connectivity index (χ2n) is 5.91. The van der Waals surface area contributed by atoms with E-state index >= 15 is 0 Å². The molecule has 0 saturated carbocycles. The third-order valence-electron chi connectivity index (χ3n) is 3.90. The summed E-state index contributed by atoms with van der Waals surface area (Å²) in [6.07, 6.45) is 0.998. The molecule has 134 valence electrons. The van der Waals surface area contributed by atoms with Gasteiger partial charge in [0.15, 0.2) is 17.5 Å². The zero-order valence-electron chi connectivity index (χ0n) is 15.2. The van der Waals surface area contributed by atoms with E-state index in [0.29, 0.717) is 36.7 Å². The summed E-state index contributed by atoms with van der Waals surface area (Å²) in [6.45, 7) is 5.17. The minimum atomic E-state index is 0.312. The Kier molecular flexibility index (Phi) is 7.14. The van der Waals surface area contributed by atoms with Crippen molar-refractivity contribution in [2.45, 2.75) is 39.5 Å². The van der Waals surface area contributed by atoms with Crippen LogP contribution in [0.3, 0.4) is 0 Å². The van der Waals surface area contributed by atoms with Crippen LogP contribution in [0.4, 0.5) is 0 Å². The Labute approximate surface area is 149 Å². The fourth-order valence-electron chi connectivity index (χ4n) is 2.24. The molecule has 0 amide bonds. The van der Waals surface area contributed by atoms with Crippen molar-refractivity contribution in [1.82, 2.24) is 5.32 Å². The molecule has 0 saturated heterocycles. The van der Waals surface area contributed by atoms with Crippen LogP contribution < -0.4 is 20.5 Å². The Bertz CT molecular complexity index is 687. The smallest absolute Gasteiger partial charge is 0.189 e. The van der Waals surface area contributed by atoms with Crippen molar-refractivity contribution in [3.63, 3.8) is 0 Å². The molecule has 2 rings (SSSR count). The summed E-state index contributed by atoms with van der Waals surface area (Å²) in [6, 6.07) is 16.2. The predicted octanol–water partition coefficient (Wildman–Crippen LogP) is 3.48. The van der Waals surface area contributed by atoms with Gasteiger partial charge in [-0.25, -0.2) is 4.99 Å². The minimum Gasteiger partial charge on any atom is -0.493 e. The van der Waals surface area contributed by atoms with Gasteiger partial charge < -0.3 is 20.5 Å². The van der Waals surface area contributed by atoms with Crippen molar-refractivity contribution in [1.29, 1.82) is 0 Å². The van der Waals surface area contributed by atoms with Gasteiger partial charge in [0, 0.05) is 6.04 Å². The normalized spacial score (nSPS) is 12.5. The standard InChI is InChI=1S/C20H27N3O2/c1-4-15(2)23-20(21)22-13-17-10-11-18(19(12-17)24-3)25-14-16-8-6-5-7-9-16/h5-12,15H,4,13-14H2,1-3H3,(H3,21,22,23). The zero-order valence-corrected chi connectivity index (χ0v) is 15.2. The molecule has 5 heteroatoms. The van der Waals surface area contributed by atoms with Crippen molar-refractivity contribution in [2.75, 3.05) is 7.11 Å². The third-order valence-corrected chi connectivity index (χ3v) is 3.90. The van der Waals surface area contributed by atoms with Gasteiger partial charge in [0.1, 0.15) is 6.61 Å². The molecule has 0 spiro atoms. The first-order chi connectivity index (χ1) is 12.1. The fraction of sp³-hybridized carbons (Fsp3) is 0.350. The molecule has 3 N–H and O–H groups in total. The lowest BCUT2D eigenvalue weighted by Crippen LogP contribution is -2.38. The van der Waals surface area contributed by atoms with Crippen molar-refractivity contribution in [3.8, 4) is 11.5 Å². The monoisotopic (exact) mass is 341 g/mol. The lowest BCUT2D eigenvalue weighted by molar-refractivity contribution is 0.284. The summed E-state index contributed by atoms with van der Waals surface area (Å²) in [5.41, 5.74) is 8.02. The number of benzene rings is 2. The van der Waals surface area contributed by atoms with E-state index in [1.165, 1.54) is 0 Å². The maximum absolute atomic E-state index is 5.89. The molecule has 1 atom stereocenters. The first kappa shape index (κ1) is 18.6. The highest BCUT2D eigenvalue weighted by molar-refractivity contribution is 5.78. The molecule has 2 aromatic rings. The molecule has 2 aromatic carbocycles. The van der Waals surface area contributed by atoms with E-state index in [2.05, 4.69) is 24.2 Å². The predicted molar refractivity (Wildman–Crippen MR) is 102 cm³/mol. The van der Waals surface area contributed by atoms with Crippen LogP contribution >= 0.6 is 0 Å². The van der Waals surface area contributed by atoms with Gasteiger partial charge in [-0.05, 0) is 36.6 Å². The van der Waals surface area contributed by atoms with E-state index in [1.54, 1.807) is 7.11 Å². The topological polar surface area (TPSA) is 68.9 Å². The molecule has 0 radical (unpaired) electrons. The zero-order chi connectivity index (χ0) is 18.1. The highest BCUT2D eigenvalue weighted by atomic mass is 16.5. The lowest BCUT2D eigenvalue weighted by atomic mass is 10.2. The van der Waals surface area contributed by atoms with Crippen LogP contribution in [0.2, 0.25) is 0 Å². The summed E-state index contributed by atoms with van der Waals surface area (Å²) in [5.74, 6) is 1.86. The van der Waals surface area contributed by atoms with Gasteiger partial charge in [-0.15, -0.1) is 0 Å². The van der Waals surface area contributed by atoms with Crippen LogP contribution in [0.5, 0.6) is 11.5 Å². The van der Waals surface area contributed by atoms with E-state index in [9.17, 15) is 0 Å². The van der Waals surface area contributed by atoms with E-state index in [-0.39, 0.29) is 0 Å². The number of hydrogen-bond acceptors (Lipinski definition) is 3. The second-order valence-corrected chi connectivity index (χ2v) is 5.91. The Balaban J connectivity index is 1.99. The van der Waals surface area contributed by atoms with Crippen LogP contribution in [0.25, 0.3) is 0 Å². The van der Waals surface area contributed by atoms with E-state index in [0.717, 1.165) is 17.5 Å². The van der Waals surface area contributed by atoms with Crippen LogP contribution in [0.15, 0.2) is 53.5 Å². The highest BCUT2D eigenvalue weighted by Gasteiger charge is 2.07. The van der Waals surface area contributed by atoms with Gasteiger partial charge in [0.05, 0.1) is 13.7 Å². The maximum atomic E-state index is 5.89. The molecule has 0 aliphatic carbocycles. The van der Waals surface area contributed by atoms with Crippen LogP contribution in [-0.4, -0.2) is 19.1 Å². The van der Waals surface area contributed by atoms with Crippen molar-refractivity contribution in [2.24, 2.45) is 10.7 Å². The average molecular weight is 341 g/mol. The fourth-order valence-corrected chi connectivity index (χ4v) is 2.24. The van der Waals surface area contributed by atoms with E-state index in [4.69, 9.17) is 15.2 Å². The number of guanidine groups is 1. The third kappa shape index (κ3) is 6.03. The van der Waals surface area contributed by atoms with Crippen molar-refractivity contribution in [3.05, 3.63) is 59.7 Å². The van der Waals surface area contributed by atoms with Crippen LogP contribution in [0, 0.1) is 0 Å². The number of methoxy groups -OCH3 is 1. The quantitative estimate of drug-likeness (QED) is 0.570. The summed E-state index contributed by atoms with van der Waals surface area (Å²) in [7, 11) is 1.64. The molecular formula is C20H27N3O2. The molecule has 0 aromatic heterocycles. The number of nitrogens with two attached hydrogens (primary N) is 1. The Hall–Kier alpha value is -2.69. The number of rotatable bonds is 8. The molecule has 5 nitrogen and oxygen atoms in total. The van der Waals surface area contributed by atoms with Gasteiger partial charge in [0.2, 0.25) is 0 Å². The molecule has 0 heterocycles. The SMILES string of the molecule is CCC(C)NC(N)=NCc1ccc(OCc2ccccc2)c(OC)c1. The van der Waals surface area contributed by atoms with Gasteiger partial charge in [0.25, 0.3) is 0 Å². The summed E-state index contributed by atoms with van der Waals surface area (Å²) < 4.78 is 11.3. The maximum Gasteiger partial charge on any atom is 0.189 e. The molecular weight excluding hydrogens is 314 g/mol. The first-order valence-corrected chi connectivity index (χ1v) is 8.52. The summed E-state index contributed by atoms with van der Waals surface area (Å²) in [5, 5.41) is 3.15. The summed E-state index contributed by atoms with van der Waals surface area (Å²) >= 11 is 0. The van der Waals surface area contributed by atoms with E-state index < -0.39 is 0 Å². The molecule has 0 bridgehead atoms. The van der Waals surface area contributed by atoms with Crippen molar-refractivity contribution >= 4 is 5.96 Å². The average Bonchev–Trinajstić information content (AvgIpc) is 2.65. The number of nitrogens with zero attached hydrogens (tertiary/aromatic N) is 1. The molecule has 0 aliphatic heterocycles. The second kappa shape index (κ2) is 9.57. The molecule has 25 heavy (non-hydrogen) atoms. The highest BCUT2D eigenvalue weighted by Crippen LogP contribution is 2.29. The van der Waals surface area contributed by atoms with Crippen LogP contribution in [-0.2, 0) is 13.2 Å². The Morgan fingerprint density at radius 3 is 2.56 bits per heavy atom. The van der Waals surface area contributed by atoms with Crippen LogP contribution in [0.1, 0.15) is 31.4 Å². The lowest BCUT2D eigenvalue weighted by Gasteiger charge is -2.13. The summed E-state index contributed by atoms with van der Waals surface area (Å²) in [4.78, 5) is 4.37. The van der Waals surface area contributed by atoms with Crippen molar-refractivity contribution < 1.29 is 9.47 Å². The van der Waals surface area contributed by atoms with Gasteiger partial charge in [-0.1, -0.05) is 43.3 Å². The minimum absolute atomic E-state index is 0.312. The number of ether oxygens (including phenoxy) is 2. The first-order valence-electron chi connectivity index (χ1n) is 8.52. The molecule has 0 aliphatic rings.